The normalized spacial score (nSPS) is 11.3. The van der Waals surface area contributed by atoms with Gasteiger partial charge in [0.05, 0.1) is 5.69 Å². The number of hydrogen-bond donors (Lipinski definition) is 3. The Kier molecular flexibility index (Phi) is 3.97. The molecule has 0 atom stereocenters. The minimum absolute atomic E-state index is 0.0488. The van der Waals surface area contributed by atoms with Gasteiger partial charge in [0, 0.05) is 12.1 Å². The lowest BCUT2D eigenvalue weighted by atomic mass is 10.1. The Hall–Kier alpha value is -2.56. The molecule has 0 aliphatic heterocycles. The summed E-state index contributed by atoms with van der Waals surface area (Å²) in [5.74, 6) is -0.247. The maximum Gasteiger partial charge on any atom is 0.170 e. The molecule has 0 aliphatic rings. The van der Waals surface area contributed by atoms with Crippen LogP contribution in [0.15, 0.2) is 53.7 Å². The lowest BCUT2D eigenvalue weighted by Gasteiger charge is -2.08. The number of halogens is 1. The van der Waals surface area contributed by atoms with E-state index in [2.05, 4.69) is 10.5 Å². The number of nitrogens with one attached hydrogen (secondary N) is 1. The van der Waals surface area contributed by atoms with Crippen molar-refractivity contribution in [1.82, 2.24) is 0 Å². The summed E-state index contributed by atoms with van der Waals surface area (Å²) in [6.07, 6.45) is 0. The third-order valence-electron chi connectivity index (χ3n) is 2.69. The van der Waals surface area contributed by atoms with E-state index < -0.39 is 0 Å². The number of anilines is 1. The van der Waals surface area contributed by atoms with Gasteiger partial charge in [-0.15, -0.1) is 0 Å². The third-order valence-corrected chi connectivity index (χ3v) is 2.69. The van der Waals surface area contributed by atoms with Crippen LogP contribution in [0.3, 0.4) is 0 Å². The van der Waals surface area contributed by atoms with Gasteiger partial charge in [-0.05, 0) is 23.8 Å². The molecule has 2 aromatic rings. The molecular formula is C14H14FN3O. The first kappa shape index (κ1) is 12.9. The zero-order valence-corrected chi connectivity index (χ0v) is 10.2. The molecule has 0 saturated carbocycles. The Morgan fingerprint density at radius 3 is 2.74 bits per heavy atom. The van der Waals surface area contributed by atoms with Gasteiger partial charge in [-0.3, -0.25) is 0 Å². The average molecular weight is 259 g/mol. The molecule has 2 rings (SSSR count). The van der Waals surface area contributed by atoms with E-state index in [1.165, 1.54) is 6.07 Å². The molecule has 2 aromatic carbocycles. The molecule has 4 N–H and O–H groups in total. The molecule has 0 spiro atoms. The Labute approximate surface area is 110 Å². The second-order valence-electron chi connectivity index (χ2n) is 4.02. The smallest absolute Gasteiger partial charge is 0.170 e. The summed E-state index contributed by atoms with van der Waals surface area (Å²) < 4.78 is 13.4. The molecule has 0 aromatic heterocycles. The number of hydrogen-bond acceptors (Lipinski definition) is 3. The monoisotopic (exact) mass is 259 g/mol. The van der Waals surface area contributed by atoms with Crippen molar-refractivity contribution >= 4 is 11.5 Å². The minimum atomic E-state index is -0.296. The molecule has 0 unspecified atom stereocenters. The lowest BCUT2D eigenvalue weighted by Crippen LogP contribution is -2.13. The molecule has 0 heterocycles. The van der Waals surface area contributed by atoms with Gasteiger partial charge in [-0.25, -0.2) is 4.39 Å². The van der Waals surface area contributed by atoms with Crippen molar-refractivity contribution in [2.45, 2.75) is 6.54 Å². The molecule has 0 radical (unpaired) electrons. The molecule has 0 saturated heterocycles. The summed E-state index contributed by atoms with van der Waals surface area (Å²) in [6, 6.07) is 13.7. The van der Waals surface area contributed by atoms with Gasteiger partial charge in [0.2, 0.25) is 0 Å². The van der Waals surface area contributed by atoms with Crippen LogP contribution in [0.5, 0.6) is 0 Å². The number of amidine groups is 1. The van der Waals surface area contributed by atoms with E-state index in [4.69, 9.17) is 10.9 Å². The van der Waals surface area contributed by atoms with Gasteiger partial charge >= 0.3 is 0 Å². The van der Waals surface area contributed by atoms with Crippen LogP contribution in [0.2, 0.25) is 0 Å². The first-order valence-electron chi connectivity index (χ1n) is 5.76. The SMILES string of the molecule is NC(=NO)c1cccc(CNc2ccccc2F)c1. The van der Waals surface area contributed by atoms with Crippen LogP contribution in [0, 0.1) is 5.82 Å². The summed E-state index contributed by atoms with van der Waals surface area (Å²) >= 11 is 0. The first-order valence-corrected chi connectivity index (χ1v) is 5.76. The highest BCUT2D eigenvalue weighted by Crippen LogP contribution is 2.14. The molecular weight excluding hydrogens is 245 g/mol. The molecule has 5 heteroatoms. The molecule has 19 heavy (non-hydrogen) atoms. The molecule has 0 fully saturated rings. The molecule has 0 aliphatic carbocycles. The van der Waals surface area contributed by atoms with Gasteiger partial charge in [0.25, 0.3) is 0 Å². The Morgan fingerprint density at radius 2 is 2.00 bits per heavy atom. The van der Waals surface area contributed by atoms with E-state index in [0.29, 0.717) is 17.8 Å². The average Bonchev–Trinajstić information content (AvgIpc) is 2.46. The fourth-order valence-electron chi connectivity index (χ4n) is 1.70. The van der Waals surface area contributed by atoms with Crippen LogP contribution < -0.4 is 11.1 Å². The van der Waals surface area contributed by atoms with Gasteiger partial charge in [-0.2, -0.15) is 0 Å². The van der Waals surface area contributed by atoms with E-state index in [1.54, 1.807) is 36.4 Å². The molecule has 4 nitrogen and oxygen atoms in total. The fourth-order valence-corrected chi connectivity index (χ4v) is 1.70. The van der Waals surface area contributed by atoms with Crippen LogP contribution in [0.1, 0.15) is 11.1 Å². The van der Waals surface area contributed by atoms with Crippen molar-refractivity contribution in [3.05, 3.63) is 65.5 Å². The standard InChI is InChI=1S/C14H14FN3O/c15-12-6-1-2-7-13(12)17-9-10-4-3-5-11(8-10)14(16)18-19/h1-8,17,19H,9H2,(H2,16,18). The van der Waals surface area contributed by atoms with Crippen LogP contribution in [0.25, 0.3) is 0 Å². The Morgan fingerprint density at radius 1 is 1.21 bits per heavy atom. The topological polar surface area (TPSA) is 70.6 Å². The zero-order valence-electron chi connectivity index (χ0n) is 10.2. The highest BCUT2D eigenvalue weighted by molar-refractivity contribution is 5.97. The molecule has 0 bridgehead atoms. The number of nitrogens with two attached hydrogens (primary N) is 1. The van der Waals surface area contributed by atoms with Crippen molar-refractivity contribution < 1.29 is 9.60 Å². The van der Waals surface area contributed by atoms with Gasteiger partial charge < -0.3 is 16.3 Å². The van der Waals surface area contributed by atoms with E-state index in [1.807, 2.05) is 6.07 Å². The predicted octanol–water partition coefficient (Wildman–Crippen LogP) is 2.53. The largest absolute Gasteiger partial charge is 0.409 e. The van der Waals surface area contributed by atoms with Crippen molar-refractivity contribution in [2.75, 3.05) is 5.32 Å². The number of rotatable bonds is 4. The quantitative estimate of drug-likeness (QED) is 0.342. The Bertz CT molecular complexity index is 599. The first-order chi connectivity index (χ1) is 9.20. The third kappa shape index (κ3) is 3.22. The summed E-state index contributed by atoms with van der Waals surface area (Å²) in [4.78, 5) is 0. The summed E-state index contributed by atoms with van der Waals surface area (Å²) in [6.45, 7) is 0.452. The maximum absolute atomic E-state index is 13.4. The number of nitrogens with zero attached hydrogens (tertiary/aromatic N) is 1. The fraction of sp³-hybridized carbons (Fsp3) is 0.0714. The van der Waals surface area contributed by atoms with Crippen molar-refractivity contribution in [3.8, 4) is 0 Å². The second kappa shape index (κ2) is 5.86. The van der Waals surface area contributed by atoms with E-state index in [0.717, 1.165) is 5.56 Å². The van der Waals surface area contributed by atoms with E-state index in [-0.39, 0.29) is 11.7 Å². The van der Waals surface area contributed by atoms with Gasteiger partial charge in [0.1, 0.15) is 5.82 Å². The summed E-state index contributed by atoms with van der Waals surface area (Å²) in [5.41, 5.74) is 7.49. The van der Waals surface area contributed by atoms with Crippen LogP contribution >= 0.6 is 0 Å². The van der Waals surface area contributed by atoms with Crippen molar-refractivity contribution in [1.29, 1.82) is 0 Å². The van der Waals surface area contributed by atoms with E-state index in [9.17, 15) is 4.39 Å². The zero-order chi connectivity index (χ0) is 13.7. The van der Waals surface area contributed by atoms with Gasteiger partial charge in [0.15, 0.2) is 5.84 Å². The Balaban J connectivity index is 2.10. The number of oxime groups is 1. The van der Waals surface area contributed by atoms with Crippen molar-refractivity contribution in [2.24, 2.45) is 10.9 Å². The van der Waals surface area contributed by atoms with Crippen LogP contribution in [0.4, 0.5) is 10.1 Å². The maximum atomic E-state index is 13.4. The molecule has 98 valence electrons. The number of para-hydroxylation sites is 1. The second-order valence-corrected chi connectivity index (χ2v) is 4.02. The number of benzene rings is 2. The predicted molar refractivity (Wildman–Crippen MR) is 72.7 cm³/mol. The highest BCUT2D eigenvalue weighted by Gasteiger charge is 2.02. The van der Waals surface area contributed by atoms with Crippen LogP contribution in [-0.4, -0.2) is 11.0 Å². The van der Waals surface area contributed by atoms with Gasteiger partial charge in [-0.1, -0.05) is 35.5 Å². The highest BCUT2D eigenvalue weighted by atomic mass is 19.1. The summed E-state index contributed by atoms with van der Waals surface area (Å²) in [5, 5.41) is 14.6. The summed E-state index contributed by atoms with van der Waals surface area (Å²) in [7, 11) is 0. The molecule has 0 amide bonds. The van der Waals surface area contributed by atoms with E-state index >= 15 is 0 Å². The lowest BCUT2D eigenvalue weighted by molar-refractivity contribution is 0.318. The minimum Gasteiger partial charge on any atom is -0.409 e. The van der Waals surface area contributed by atoms with Crippen molar-refractivity contribution in [3.63, 3.8) is 0 Å². The van der Waals surface area contributed by atoms with Crippen LogP contribution in [-0.2, 0) is 6.54 Å².